The average Bonchev–Trinajstić information content (AvgIpc) is 2.61. The quantitative estimate of drug-likeness (QED) is 0.704. The van der Waals surface area contributed by atoms with Crippen LogP contribution in [0.4, 0.5) is 13.2 Å². The fourth-order valence-electron chi connectivity index (χ4n) is 2.50. The summed E-state index contributed by atoms with van der Waals surface area (Å²) in [6.45, 7) is 2.39. The Morgan fingerprint density at radius 3 is 2.59 bits per heavy atom. The maximum Gasteiger partial charge on any atom is 0.433 e. The van der Waals surface area contributed by atoms with Crippen LogP contribution in [0.3, 0.4) is 0 Å². The minimum atomic E-state index is -4.51. The summed E-state index contributed by atoms with van der Waals surface area (Å²) in [6, 6.07) is 3.81. The molecule has 0 aliphatic carbocycles. The second-order valence-electron chi connectivity index (χ2n) is 6.02. The van der Waals surface area contributed by atoms with Gasteiger partial charge in [0.25, 0.3) is 0 Å². The van der Waals surface area contributed by atoms with Crippen molar-refractivity contribution in [2.45, 2.75) is 32.0 Å². The number of hydrogen-bond donors (Lipinski definition) is 1. The van der Waals surface area contributed by atoms with Gasteiger partial charge in [-0.25, -0.2) is 0 Å². The van der Waals surface area contributed by atoms with Gasteiger partial charge in [0.15, 0.2) is 0 Å². The van der Waals surface area contributed by atoms with Crippen molar-refractivity contribution in [3.63, 3.8) is 0 Å². The number of nitrogens with zero attached hydrogens (tertiary/aromatic N) is 3. The number of aliphatic hydroxyl groups excluding tert-OH is 1. The van der Waals surface area contributed by atoms with E-state index in [4.69, 9.17) is 0 Å². The Morgan fingerprint density at radius 1 is 1.30 bits per heavy atom. The lowest BCUT2D eigenvalue weighted by atomic mass is 10.1. The Morgan fingerprint density at radius 2 is 2.04 bits per heavy atom. The molecule has 0 radical (unpaired) electrons. The third-order valence-electron chi connectivity index (χ3n) is 3.82. The van der Waals surface area contributed by atoms with Gasteiger partial charge in [-0.3, -0.25) is 14.8 Å². The van der Waals surface area contributed by atoms with E-state index in [1.807, 2.05) is 6.92 Å². The van der Waals surface area contributed by atoms with Crippen molar-refractivity contribution in [2.75, 3.05) is 13.1 Å². The number of halogens is 4. The molecule has 2 rings (SSSR count). The second kappa shape index (κ2) is 9.27. The van der Waals surface area contributed by atoms with E-state index in [2.05, 4.69) is 25.9 Å². The lowest BCUT2D eigenvalue weighted by Crippen LogP contribution is -2.36. The topological polar surface area (TPSA) is 66.3 Å². The van der Waals surface area contributed by atoms with Crippen LogP contribution in [0.15, 0.2) is 41.3 Å². The summed E-state index contributed by atoms with van der Waals surface area (Å²) in [5, 5.41) is 10.4. The largest absolute Gasteiger partial charge is 0.433 e. The van der Waals surface area contributed by atoms with Crippen molar-refractivity contribution in [3.05, 3.63) is 58.1 Å². The fraction of sp³-hybridized carbons (Fsp3) is 0.389. The predicted molar refractivity (Wildman–Crippen MR) is 96.7 cm³/mol. The normalized spacial score (nSPS) is 12.7. The standard InChI is InChI=1S/C18H19BrF3N3O2/c1-2-5-25(11-15(26)13-7-14(19)10-23-9-13)17(27)6-12-3-4-16(24-8-12)18(20,21)22/h3-4,7-10,15,26H,2,5-6,11H2,1H3. The molecule has 27 heavy (non-hydrogen) atoms. The first-order valence-electron chi connectivity index (χ1n) is 8.29. The molecule has 146 valence electrons. The van der Waals surface area contributed by atoms with Crippen molar-refractivity contribution < 1.29 is 23.1 Å². The highest BCUT2D eigenvalue weighted by Gasteiger charge is 2.32. The highest BCUT2D eigenvalue weighted by Crippen LogP contribution is 2.27. The van der Waals surface area contributed by atoms with Crippen molar-refractivity contribution in [1.82, 2.24) is 14.9 Å². The van der Waals surface area contributed by atoms with Gasteiger partial charge in [-0.15, -0.1) is 0 Å². The molecule has 0 aromatic carbocycles. The first-order chi connectivity index (χ1) is 12.7. The van der Waals surface area contributed by atoms with Crippen molar-refractivity contribution in [2.24, 2.45) is 0 Å². The summed E-state index contributed by atoms with van der Waals surface area (Å²) in [5.74, 6) is -0.291. The number of carbonyl (C=O) groups is 1. The van der Waals surface area contributed by atoms with Crippen LogP contribution in [-0.4, -0.2) is 39.0 Å². The van der Waals surface area contributed by atoms with E-state index >= 15 is 0 Å². The zero-order valence-corrected chi connectivity index (χ0v) is 16.2. The highest BCUT2D eigenvalue weighted by molar-refractivity contribution is 9.10. The number of alkyl halides is 3. The van der Waals surface area contributed by atoms with Crippen LogP contribution in [0.25, 0.3) is 0 Å². The SMILES string of the molecule is CCCN(CC(O)c1cncc(Br)c1)C(=O)Cc1ccc(C(F)(F)F)nc1. The van der Waals surface area contributed by atoms with Crippen LogP contribution in [0.2, 0.25) is 0 Å². The van der Waals surface area contributed by atoms with E-state index in [0.717, 1.165) is 12.3 Å². The van der Waals surface area contributed by atoms with Gasteiger partial charge in [0.1, 0.15) is 5.69 Å². The molecular formula is C18H19BrF3N3O2. The lowest BCUT2D eigenvalue weighted by Gasteiger charge is -2.25. The summed E-state index contributed by atoms with van der Waals surface area (Å²) < 4.78 is 38.4. The van der Waals surface area contributed by atoms with Gasteiger partial charge in [-0.05, 0) is 40.0 Å². The summed E-state index contributed by atoms with van der Waals surface area (Å²) in [6.07, 6.45) is -0.684. The summed E-state index contributed by atoms with van der Waals surface area (Å²) in [4.78, 5) is 21.4. The summed E-state index contributed by atoms with van der Waals surface area (Å²) in [7, 11) is 0. The van der Waals surface area contributed by atoms with Crippen molar-refractivity contribution >= 4 is 21.8 Å². The lowest BCUT2D eigenvalue weighted by molar-refractivity contribution is -0.141. The third kappa shape index (κ3) is 6.28. The highest BCUT2D eigenvalue weighted by atomic mass is 79.9. The maximum atomic E-state index is 12.6. The molecule has 0 spiro atoms. The molecule has 2 heterocycles. The Labute approximate surface area is 163 Å². The van der Waals surface area contributed by atoms with Gasteiger partial charge >= 0.3 is 6.18 Å². The van der Waals surface area contributed by atoms with E-state index in [1.54, 1.807) is 12.3 Å². The van der Waals surface area contributed by atoms with E-state index in [-0.39, 0.29) is 18.9 Å². The minimum absolute atomic E-state index is 0.0683. The number of rotatable bonds is 7. The third-order valence-corrected chi connectivity index (χ3v) is 4.25. The zero-order chi connectivity index (χ0) is 20.0. The monoisotopic (exact) mass is 445 g/mol. The molecule has 1 N–H and O–H groups in total. The molecule has 0 fully saturated rings. The maximum absolute atomic E-state index is 12.6. The predicted octanol–water partition coefficient (Wildman–Crippen LogP) is 3.77. The minimum Gasteiger partial charge on any atom is -0.386 e. The van der Waals surface area contributed by atoms with Crippen LogP contribution in [0.1, 0.15) is 36.3 Å². The molecule has 0 bridgehead atoms. The van der Waals surface area contributed by atoms with E-state index < -0.39 is 18.0 Å². The first-order valence-corrected chi connectivity index (χ1v) is 9.08. The Balaban J connectivity index is 2.05. The Bertz CT molecular complexity index is 769. The van der Waals surface area contributed by atoms with E-state index in [9.17, 15) is 23.1 Å². The number of pyridine rings is 2. The summed E-state index contributed by atoms with van der Waals surface area (Å²) in [5.41, 5.74) is -0.0520. The number of hydrogen-bond acceptors (Lipinski definition) is 4. The van der Waals surface area contributed by atoms with Gasteiger partial charge in [0.05, 0.1) is 19.1 Å². The Kier molecular flexibility index (Phi) is 7.32. The number of aromatic nitrogens is 2. The smallest absolute Gasteiger partial charge is 0.386 e. The van der Waals surface area contributed by atoms with Crippen molar-refractivity contribution in [3.8, 4) is 0 Å². The zero-order valence-electron chi connectivity index (χ0n) is 14.6. The molecule has 9 heteroatoms. The number of carbonyl (C=O) groups excluding carboxylic acids is 1. The molecule has 2 aromatic rings. The number of amides is 1. The van der Waals surface area contributed by atoms with Gasteiger partial charge in [0.2, 0.25) is 5.91 Å². The molecular weight excluding hydrogens is 427 g/mol. The van der Waals surface area contributed by atoms with E-state index in [1.165, 1.54) is 17.2 Å². The van der Waals surface area contributed by atoms with Crippen LogP contribution in [0.5, 0.6) is 0 Å². The first kappa shape index (κ1) is 21.3. The van der Waals surface area contributed by atoms with Gasteiger partial charge in [-0.1, -0.05) is 13.0 Å². The van der Waals surface area contributed by atoms with Crippen LogP contribution in [0, 0.1) is 0 Å². The second-order valence-corrected chi connectivity index (χ2v) is 6.93. The van der Waals surface area contributed by atoms with Crippen molar-refractivity contribution in [1.29, 1.82) is 0 Å². The molecule has 1 atom stereocenters. The van der Waals surface area contributed by atoms with Gasteiger partial charge in [-0.2, -0.15) is 13.2 Å². The molecule has 1 amide bonds. The van der Waals surface area contributed by atoms with Gasteiger partial charge < -0.3 is 10.0 Å². The van der Waals surface area contributed by atoms with Gasteiger partial charge in [0, 0.05) is 35.2 Å². The summed E-state index contributed by atoms with van der Waals surface area (Å²) >= 11 is 3.28. The molecule has 0 saturated carbocycles. The Hall–Kier alpha value is -2.00. The molecule has 0 aliphatic heterocycles. The van der Waals surface area contributed by atoms with Crippen LogP contribution < -0.4 is 0 Å². The molecule has 5 nitrogen and oxygen atoms in total. The number of aliphatic hydroxyl groups is 1. The molecule has 0 aliphatic rings. The molecule has 2 aromatic heterocycles. The molecule has 1 unspecified atom stereocenters. The van der Waals surface area contributed by atoms with Crippen LogP contribution in [-0.2, 0) is 17.4 Å². The van der Waals surface area contributed by atoms with Crippen LogP contribution >= 0.6 is 15.9 Å². The average molecular weight is 446 g/mol. The van der Waals surface area contributed by atoms with E-state index in [0.29, 0.717) is 28.6 Å². The fourth-order valence-corrected chi connectivity index (χ4v) is 2.88. The molecule has 0 saturated heterocycles.